The Morgan fingerprint density at radius 3 is 2.76 bits per heavy atom. The zero-order valence-corrected chi connectivity index (χ0v) is 9.58. The third kappa shape index (κ3) is 2.50. The Hall–Kier alpha value is -1.33. The van der Waals surface area contributed by atoms with Crippen LogP contribution in [0.5, 0.6) is 0 Å². The van der Waals surface area contributed by atoms with Crippen molar-refractivity contribution in [2.24, 2.45) is 0 Å². The first-order valence-electron chi connectivity index (χ1n) is 5.68. The second kappa shape index (κ2) is 4.89. The number of halogens is 1. The van der Waals surface area contributed by atoms with Crippen LogP contribution in [-0.4, -0.2) is 30.5 Å². The topological polar surface area (TPSA) is 67.5 Å². The number of nitrogens with one attached hydrogen (secondary N) is 1. The van der Waals surface area contributed by atoms with E-state index in [9.17, 15) is 9.50 Å². The van der Waals surface area contributed by atoms with E-state index in [0.717, 1.165) is 0 Å². The number of anilines is 2. The van der Waals surface area contributed by atoms with E-state index in [1.165, 1.54) is 6.07 Å². The van der Waals surface area contributed by atoms with E-state index in [1.807, 2.05) is 0 Å². The lowest BCUT2D eigenvalue weighted by molar-refractivity contribution is 0.0380. The van der Waals surface area contributed by atoms with E-state index in [0.29, 0.717) is 31.7 Å². The van der Waals surface area contributed by atoms with Gasteiger partial charge in [0.15, 0.2) is 0 Å². The van der Waals surface area contributed by atoms with E-state index in [-0.39, 0.29) is 12.3 Å². The third-order valence-electron chi connectivity index (χ3n) is 3.21. The molecule has 0 bridgehead atoms. The molecule has 1 aliphatic heterocycles. The molecule has 4 N–H and O–H groups in total. The molecule has 1 aromatic rings. The lowest BCUT2D eigenvalue weighted by Gasteiger charge is -2.37. The predicted octanol–water partition coefficient (Wildman–Crippen LogP) is 1.36. The van der Waals surface area contributed by atoms with Crippen molar-refractivity contribution >= 4 is 11.4 Å². The number of hydrogen-bond acceptors (Lipinski definition) is 4. The molecule has 0 unspecified atom stereocenters. The minimum atomic E-state index is -0.458. The molecule has 1 saturated heterocycles. The summed E-state index contributed by atoms with van der Waals surface area (Å²) in [6, 6.07) is 4.62. The van der Waals surface area contributed by atoms with Crippen molar-refractivity contribution in [3.8, 4) is 0 Å². The van der Waals surface area contributed by atoms with E-state index in [2.05, 4.69) is 5.32 Å². The summed E-state index contributed by atoms with van der Waals surface area (Å²) in [5.41, 5.74) is 5.82. The SMILES string of the molecule is Nc1c(F)cccc1NC1(CO)CCOCC1. The van der Waals surface area contributed by atoms with Crippen LogP contribution in [-0.2, 0) is 4.74 Å². The van der Waals surface area contributed by atoms with Gasteiger partial charge in [0, 0.05) is 13.2 Å². The van der Waals surface area contributed by atoms with Crippen LogP contribution in [0.2, 0.25) is 0 Å². The molecule has 0 atom stereocenters. The maximum atomic E-state index is 13.3. The van der Waals surface area contributed by atoms with Crippen LogP contribution in [0.4, 0.5) is 15.8 Å². The van der Waals surface area contributed by atoms with E-state index in [1.54, 1.807) is 12.1 Å². The van der Waals surface area contributed by atoms with Gasteiger partial charge in [0.2, 0.25) is 0 Å². The molecule has 1 aromatic carbocycles. The Balaban J connectivity index is 2.20. The zero-order valence-electron chi connectivity index (χ0n) is 9.58. The Bertz CT molecular complexity index is 392. The molecule has 0 aliphatic carbocycles. The standard InChI is InChI=1S/C12H17FN2O2/c13-9-2-1-3-10(11(9)14)15-12(8-16)4-6-17-7-5-12/h1-3,15-16H,4-8,14H2. The maximum Gasteiger partial charge on any atom is 0.148 e. The fraction of sp³-hybridized carbons (Fsp3) is 0.500. The molecule has 0 amide bonds. The van der Waals surface area contributed by atoms with Crippen LogP contribution in [0.3, 0.4) is 0 Å². The highest BCUT2D eigenvalue weighted by Crippen LogP contribution is 2.29. The van der Waals surface area contributed by atoms with Crippen LogP contribution in [0.25, 0.3) is 0 Å². The minimum Gasteiger partial charge on any atom is -0.395 e. The molecule has 0 aromatic heterocycles. The monoisotopic (exact) mass is 240 g/mol. The van der Waals surface area contributed by atoms with E-state index >= 15 is 0 Å². The highest BCUT2D eigenvalue weighted by Gasteiger charge is 2.32. The van der Waals surface area contributed by atoms with Crippen LogP contribution < -0.4 is 11.1 Å². The third-order valence-corrected chi connectivity index (χ3v) is 3.21. The minimum absolute atomic E-state index is 0.0215. The molecule has 0 saturated carbocycles. The summed E-state index contributed by atoms with van der Waals surface area (Å²) in [6.07, 6.45) is 1.36. The Labute approximate surface area is 99.6 Å². The second-order valence-electron chi connectivity index (χ2n) is 4.38. The summed E-state index contributed by atoms with van der Waals surface area (Å²) in [4.78, 5) is 0. The highest BCUT2D eigenvalue weighted by molar-refractivity contribution is 5.67. The summed E-state index contributed by atoms with van der Waals surface area (Å²) in [5, 5.41) is 12.7. The predicted molar refractivity (Wildman–Crippen MR) is 64.3 cm³/mol. The number of nitrogen functional groups attached to an aromatic ring is 1. The summed E-state index contributed by atoms with van der Waals surface area (Å²) in [7, 11) is 0. The second-order valence-corrected chi connectivity index (χ2v) is 4.38. The van der Waals surface area contributed by atoms with Crippen molar-refractivity contribution < 1.29 is 14.2 Å². The fourth-order valence-corrected chi connectivity index (χ4v) is 2.02. The lowest BCUT2D eigenvalue weighted by atomic mass is 9.90. The molecule has 2 rings (SSSR count). The number of nitrogens with two attached hydrogens (primary N) is 1. The number of benzene rings is 1. The summed E-state index contributed by atoms with van der Waals surface area (Å²) in [5.74, 6) is -0.449. The molecule has 1 fully saturated rings. The highest BCUT2D eigenvalue weighted by atomic mass is 19.1. The summed E-state index contributed by atoms with van der Waals surface area (Å²) < 4.78 is 18.6. The Kier molecular flexibility index (Phi) is 3.49. The number of ether oxygens (including phenoxy) is 1. The molecule has 5 heteroatoms. The van der Waals surface area contributed by atoms with Crippen molar-refractivity contribution in [2.45, 2.75) is 18.4 Å². The number of para-hydroxylation sites is 1. The van der Waals surface area contributed by atoms with Gasteiger partial charge < -0.3 is 20.9 Å². The molecule has 0 spiro atoms. The maximum absolute atomic E-state index is 13.3. The number of rotatable bonds is 3. The van der Waals surface area contributed by atoms with Gasteiger partial charge >= 0.3 is 0 Å². The van der Waals surface area contributed by atoms with Gasteiger partial charge in [0.25, 0.3) is 0 Å². The first kappa shape index (κ1) is 12.1. The molecular weight excluding hydrogens is 223 g/mol. The van der Waals surface area contributed by atoms with Crippen LogP contribution >= 0.6 is 0 Å². The van der Waals surface area contributed by atoms with Gasteiger partial charge in [-0.3, -0.25) is 0 Å². The first-order chi connectivity index (χ1) is 8.17. The van der Waals surface area contributed by atoms with Crippen molar-refractivity contribution in [1.29, 1.82) is 0 Å². The van der Waals surface area contributed by atoms with Crippen LogP contribution in [0.1, 0.15) is 12.8 Å². The van der Waals surface area contributed by atoms with Crippen LogP contribution in [0.15, 0.2) is 18.2 Å². The number of aliphatic hydroxyl groups excluding tert-OH is 1. The largest absolute Gasteiger partial charge is 0.395 e. The quantitative estimate of drug-likeness (QED) is 0.698. The average Bonchev–Trinajstić information content (AvgIpc) is 2.36. The number of hydrogen-bond donors (Lipinski definition) is 3. The molecule has 1 heterocycles. The summed E-state index contributed by atoms with van der Waals surface area (Å²) >= 11 is 0. The molecule has 0 radical (unpaired) electrons. The smallest absolute Gasteiger partial charge is 0.148 e. The molecule has 17 heavy (non-hydrogen) atoms. The van der Waals surface area contributed by atoms with Gasteiger partial charge in [-0.2, -0.15) is 0 Å². The van der Waals surface area contributed by atoms with Crippen molar-refractivity contribution in [3.05, 3.63) is 24.0 Å². The number of aliphatic hydroxyl groups is 1. The van der Waals surface area contributed by atoms with Gasteiger partial charge in [-0.1, -0.05) is 6.07 Å². The molecule has 94 valence electrons. The van der Waals surface area contributed by atoms with Crippen LogP contribution in [0, 0.1) is 5.82 Å². The van der Waals surface area contributed by atoms with Crippen molar-refractivity contribution in [1.82, 2.24) is 0 Å². The van der Waals surface area contributed by atoms with Gasteiger partial charge in [0.1, 0.15) is 5.82 Å². The first-order valence-corrected chi connectivity index (χ1v) is 5.68. The summed E-state index contributed by atoms with van der Waals surface area (Å²) in [6.45, 7) is 1.15. The fourth-order valence-electron chi connectivity index (χ4n) is 2.02. The van der Waals surface area contributed by atoms with Crippen molar-refractivity contribution in [2.75, 3.05) is 30.9 Å². The van der Waals surface area contributed by atoms with Gasteiger partial charge in [-0.05, 0) is 25.0 Å². The molecule has 4 nitrogen and oxygen atoms in total. The zero-order chi connectivity index (χ0) is 12.3. The Morgan fingerprint density at radius 2 is 2.12 bits per heavy atom. The molecular formula is C12H17FN2O2. The van der Waals surface area contributed by atoms with Crippen molar-refractivity contribution in [3.63, 3.8) is 0 Å². The lowest BCUT2D eigenvalue weighted by Crippen LogP contribution is -2.47. The van der Waals surface area contributed by atoms with Gasteiger partial charge in [0.05, 0.1) is 23.5 Å². The normalized spacial score (nSPS) is 18.9. The Morgan fingerprint density at radius 1 is 1.41 bits per heavy atom. The van der Waals surface area contributed by atoms with Gasteiger partial charge in [-0.25, -0.2) is 4.39 Å². The average molecular weight is 240 g/mol. The van der Waals surface area contributed by atoms with E-state index < -0.39 is 11.4 Å². The van der Waals surface area contributed by atoms with Gasteiger partial charge in [-0.15, -0.1) is 0 Å². The molecule has 1 aliphatic rings. The van der Waals surface area contributed by atoms with E-state index in [4.69, 9.17) is 10.5 Å².